The van der Waals surface area contributed by atoms with Gasteiger partial charge in [-0.15, -0.1) is 0 Å². The van der Waals surface area contributed by atoms with E-state index in [1.54, 1.807) is 7.05 Å². The molecule has 0 amide bonds. The van der Waals surface area contributed by atoms with Crippen LogP contribution in [0.2, 0.25) is 0 Å². The summed E-state index contributed by atoms with van der Waals surface area (Å²) in [6.07, 6.45) is 1.20. The Morgan fingerprint density at radius 1 is 1.41 bits per heavy atom. The number of hydrogen-bond acceptors (Lipinski definition) is 4. The normalized spacial score (nSPS) is 11.8. The molecule has 17 heavy (non-hydrogen) atoms. The summed E-state index contributed by atoms with van der Waals surface area (Å²) in [4.78, 5) is 0. The number of hydrogen-bond donors (Lipinski definition) is 2. The minimum Gasteiger partial charge on any atom is -0.399 e. The Morgan fingerprint density at radius 3 is 2.59 bits per heavy atom. The first-order valence-corrected chi connectivity index (χ1v) is 7.17. The Morgan fingerprint density at radius 2 is 2.06 bits per heavy atom. The lowest BCUT2D eigenvalue weighted by Crippen LogP contribution is -2.30. The maximum absolute atomic E-state index is 11.2. The second kappa shape index (κ2) is 5.37. The summed E-state index contributed by atoms with van der Waals surface area (Å²) in [6.45, 7) is 2.95. The standard InChI is InChI=1S/C11H19N3O2S/c1-9-8-10(12)4-5-11(9)13-6-7-14(2)17(3,15)16/h4-5,8,13H,6-7,12H2,1-3H3. The first-order chi connectivity index (χ1) is 7.80. The van der Waals surface area contributed by atoms with Crippen LogP contribution >= 0.6 is 0 Å². The molecule has 0 fully saturated rings. The molecule has 0 bridgehead atoms. The average Bonchev–Trinajstić information content (AvgIpc) is 2.19. The predicted molar refractivity (Wildman–Crippen MR) is 71.6 cm³/mol. The van der Waals surface area contributed by atoms with Crippen LogP contribution in [0, 0.1) is 6.92 Å². The molecular weight excluding hydrogens is 238 g/mol. The van der Waals surface area contributed by atoms with Gasteiger partial charge in [-0.3, -0.25) is 0 Å². The molecule has 0 spiro atoms. The van der Waals surface area contributed by atoms with Crippen molar-refractivity contribution in [3.05, 3.63) is 23.8 Å². The fraction of sp³-hybridized carbons (Fsp3) is 0.455. The maximum atomic E-state index is 11.2. The Hall–Kier alpha value is -1.27. The molecular formula is C11H19N3O2S. The number of anilines is 2. The molecule has 0 saturated heterocycles. The molecule has 0 aliphatic rings. The van der Waals surface area contributed by atoms with E-state index in [4.69, 9.17) is 5.73 Å². The highest BCUT2D eigenvalue weighted by Crippen LogP contribution is 2.17. The number of likely N-dealkylation sites (N-methyl/N-ethyl adjacent to an activating group) is 1. The van der Waals surface area contributed by atoms with E-state index in [-0.39, 0.29) is 0 Å². The van der Waals surface area contributed by atoms with Crippen LogP contribution in [0.3, 0.4) is 0 Å². The molecule has 1 aromatic carbocycles. The quantitative estimate of drug-likeness (QED) is 0.768. The number of nitrogen functional groups attached to an aromatic ring is 1. The predicted octanol–water partition coefficient (Wildman–Crippen LogP) is 0.881. The Labute approximate surface area is 103 Å². The minimum absolute atomic E-state index is 0.433. The van der Waals surface area contributed by atoms with Gasteiger partial charge in [0.05, 0.1) is 6.26 Å². The summed E-state index contributed by atoms with van der Waals surface area (Å²) >= 11 is 0. The van der Waals surface area contributed by atoms with E-state index >= 15 is 0 Å². The van der Waals surface area contributed by atoms with Crippen molar-refractivity contribution in [2.24, 2.45) is 0 Å². The Kier molecular flexibility index (Phi) is 4.36. The average molecular weight is 257 g/mol. The van der Waals surface area contributed by atoms with Crippen molar-refractivity contribution in [2.45, 2.75) is 6.92 Å². The molecule has 0 radical (unpaired) electrons. The molecule has 96 valence electrons. The molecule has 0 aromatic heterocycles. The summed E-state index contributed by atoms with van der Waals surface area (Å²) < 4.78 is 23.6. The first-order valence-electron chi connectivity index (χ1n) is 5.32. The van der Waals surface area contributed by atoms with Crippen LogP contribution in [0.15, 0.2) is 18.2 Å². The number of sulfonamides is 1. The third-order valence-corrected chi connectivity index (χ3v) is 3.87. The molecule has 0 saturated carbocycles. The minimum atomic E-state index is -3.10. The fourth-order valence-electron chi connectivity index (χ4n) is 1.40. The molecule has 1 rings (SSSR count). The summed E-state index contributed by atoms with van der Waals surface area (Å²) in [5.74, 6) is 0. The first kappa shape index (κ1) is 13.8. The Balaban J connectivity index is 2.52. The van der Waals surface area contributed by atoms with Crippen LogP contribution in [0.25, 0.3) is 0 Å². The zero-order valence-electron chi connectivity index (χ0n) is 10.4. The highest BCUT2D eigenvalue weighted by Gasteiger charge is 2.09. The van der Waals surface area contributed by atoms with Gasteiger partial charge in [0.1, 0.15) is 0 Å². The highest BCUT2D eigenvalue weighted by molar-refractivity contribution is 7.88. The van der Waals surface area contributed by atoms with E-state index in [1.807, 2.05) is 25.1 Å². The van der Waals surface area contributed by atoms with Crippen molar-refractivity contribution in [3.8, 4) is 0 Å². The van der Waals surface area contributed by atoms with E-state index < -0.39 is 10.0 Å². The van der Waals surface area contributed by atoms with E-state index in [2.05, 4.69) is 5.32 Å². The summed E-state index contributed by atoms with van der Waals surface area (Å²) in [7, 11) is -1.54. The fourth-order valence-corrected chi connectivity index (χ4v) is 1.82. The highest BCUT2D eigenvalue weighted by atomic mass is 32.2. The molecule has 0 heterocycles. The second-order valence-corrected chi connectivity index (χ2v) is 6.18. The number of nitrogens with two attached hydrogens (primary N) is 1. The van der Waals surface area contributed by atoms with Gasteiger partial charge in [-0.2, -0.15) is 0 Å². The molecule has 1 aromatic rings. The van der Waals surface area contributed by atoms with E-state index in [1.165, 1.54) is 10.6 Å². The van der Waals surface area contributed by atoms with Crippen LogP contribution in [0.5, 0.6) is 0 Å². The van der Waals surface area contributed by atoms with E-state index in [0.717, 1.165) is 16.9 Å². The Bertz CT molecular complexity index is 485. The van der Waals surface area contributed by atoms with Gasteiger partial charge in [0, 0.05) is 31.5 Å². The van der Waals surface area contributed by atoms with Gasteiger partial charge in [-0.05, 0) is 30.7 Å². The molecule has 0 aliphatic heterocycles. The van der Waals surface area contributed by atoms with E-state index in [0.29, 0.717) is 13.1 Å². The van der Waals surface area contributed by atoms with Crippen molar-refractivity contribution in [1.82, 2.24) is 4.31 Å². The molecule has 0 unspecified atom stereocenters. The molecule has 6 heteroatoms. The van der Waals surface area contributed by atoms with Gasteiger partial charge >= 0.3 is 0 Å². The molecule has 0 atom stereocenters. The van der Waals surface area contributed by atoms with Crippen molar-refractivity contribution in [1.29, 1.82) is 0 Å². The smallest absolute Gasteiger partial charge is 0.211 e. The largest absolute Gasteiger partial charge is 0.399 e. The lowest BCUT2D eigenvalue weighted by atomic mass is 10.2. The summed E-state index contributed by atoms with van der Waals surface area (Å²) in [6, 6.07) is 5.59. The van der Waals surface area contributed by atoms with Crippen LogP contribution in [0.4, 0.5) is 11.4 Å². The molecule has 3 N–H and O–H groups in total. The van der Waals surface area contributed by atoms with Crippen molar-refractivity contribution < 1.29 is 8.42 Å². The van der Waals surface area contributed by atoms with Crippen molar-refractivity contribution in [3.63, 3.8) is 0 Å². The summed E-state index contributed by atoms with van der Waals surface area (Å²) in [5, 5.41) is 3.18. The third-order valence-electron chi connectivity index (χ3n) is 2.56. The van der Waals surface area contributed by atoms with Crippen molar-refractivity contribution >= 4 is 21.4 Å². The van der Waals surface area contributed by atoms with Gasteiger partial charge in [0.2, 0.25) is 10.0 Å². The number of rotatable bonds is 5. The van der Waals surface area contributed by atoms with Gasteiger partial charge in [0.25, 0.3) is 0 Å². The van der Waals surface area contributed by atoms with Gasteiger partial charge in [-0.25, -0.2) is 12.7 Å². The third kappa shape index (κ3) is 4.24. The van der Waals surface area contributed by atoms with Crippen LogP contribution in [0.1, 0.15) is 5.56 Å². The van der Waals surface area contributed by atoms with Crippen LogP contribution in [-0.2, 0) is 10.0 Å². The number of nitrogens with one attached hydrogen (secondary N) is 1. The number of nitrogens with zero attached hydrogens (tertiary/aromatic N) is 1. The lowest BCUT2D eigenvalue weighted by Gasteiger charge is -2.15. The zero-order chi connectivity index (χ0) is 13.1. The van der Waals surface area contributed by atoms with Crippen LogP contribution in [-0.4, -0.2) is 39.1 Å². The van der Waals surface area contributed by atoms with Crippen molar-refractivity contribution in [2.75, 3.05) is 37.4 Å². The second-order valence-electron chi connectivity index (χ2n) is 4.09. The van der Waals surface area contributed by atoms with Gasteiger partial charge in [-0.1, -0.05) is 0 Å². The lowest BCUT2D eigenvalue weighted by molar-refractivity contribution is 0.486. The molecule has 0 aliphatic carbocycles. The zero-order valence-corrected chi connectivity index (χ0v) is 11.2. The van der Waals surface area contributed by atoms with E-state index in [9.17, 15) is 8.42 Å². The summed E-state index contributed by atoms with van der Waals surface area (Å²) in [5.41, 5.74) is 8.39. The number of aryl methyl sites for hydroxylation is 1. The van der Waals surface area contributed by atoms with Crippen LogP contribution < -0.4 is 11.1 Å². The molecule has 5 nitrogen and oxygen atoms in total. The number of benzene rings is 1. The topological polar surface area (TPSA) is 75.4 Å². The van der Waals surface area contributed by atoms with Gasteiger partial charge in [0.15, 0.2) is 0 Å². The van der Waals surface area contributed by atoms with Gasteiger partial charge < -0.3 is 11.1 Å². The maximum Gasteiger partial charge on any atom is 0.211 e. The monoisotopic (exact) mass is 257 g/mol. The SMILES string of the molecule is Cc1cc(N)ccc1NCCN(C)S(C)(=O)=O.